The fourth-order valence-corrected chi connectivity index (χ4v) is 8.43. The van der Waals surface area contributed by atoms with Gasteiger partial charge in [0.25, 0.3) is 0 Å². The van der Waals surface area contributed by atoms with E-state index in [1.165, 1.54) is 60.2 Å². The van der Waals surface area contributed by atoms with Gasteiger partial charge in [0.05, 0.1) is 22.1 Å². The average molecular weight is 596 g/mol. The molecule has 0 radical (unpaired) electrons. The van der Waals surface area contributed by atoms with E-state index in [0.717, 1.165) is 56.8 Å². The van der Waals surface area contributed by atoms with E-state index >= 15 is 0 Å². The van der Waals surface area contributed by atoms with Crippen LogP contribution in [0.4, 0.5) is 11.4 Å². The molecule has 5 aromatic rings. The van der Waals surface area contributed by atoms with Crippen LogP contribution in [0.2, 0.25) is 0 Å². The van der Waals surface area contributed by atoms with Crippen molar-refractivity contribution in [3.8, 4) is 11.5 Å². The van der Waals surface area contributed by atoms with Gasteiger partial charge in [-0.1, -0.05) is 87.4 Å². The molecule has 0 aromatic heterocycles. The van der Waals surface area contributed by atoms with Crippen molar-refractivity contribution in [2.45, 2.75) is 64.2 Å². The van der Waals surface area contributed by atoms with E-state index in [-0.39, 0.29) is 17.4 Å². The van der Waals surface area contributed by atoms with E-state index < -0.39 is 0 Å². The first-order valence-electron chi connectivity index (χ1n) is 16.7. The third kappa shape index (κ3) is 4.33. The molecule has 0 unspecified atom stereocenters. The summed E-state index contributed by atoms with van der Waals surface area (Å²) in [6.45, 7) is 12.7. The molecule has 3 heterocycles. The topological polar surface area (TPSA) is 35.7 Å². The van der Waals surface area contributed by atoms with E-state index in [9.17, 15) is 5.11 Å². The van der Waals surface area contributed by atoms with Crippen LogP contribution in [-0.4, -0.2) is 31.3 Å². The number of anilines is 1. The number of benzene rings is 5. The smallest absolute Gasteiger partial charge is 0.221 e. The number of rotatable bonds is 7. The summed E-state index contributed by atoms with van der Waals surface area (Å²) >= 11 is 0. The van der Waals surface area contributed by atoms with Crippen LogP contribution in [0.5, 0.6) is 11.5 Å². The van der Waals surface area contributed by atoms with E-state index in [4.69, 9.17) is 4.74 Å². The maximum Gasteiger partial charge on any atom is 0.221 e. The Balaban J connectivity index is 1.42. The predicted octanol–water partition coefficient (Wildman–Crippen LogP) is 7.69. The van der Waals surface area contributed by atoms with Crippen molar-refractivity contribution in [1.82, 2.24) is 4.58 Å². The van der Waals surface area contributed by atoms with Crippen LogP contribution in [0.15, 0.2) is 78.9 Å². The highest BCUT2D eigenvalue weighted by Crippen LogP contribution is 2.54. The Morgan fingerprint density at radius 2 is 1.38 bits per heavy atom. The van der Waals surface area contributed by atoms with Gasteiger partial charge in [-0.15, -0.1) is 0 Å². The van der Waals surface area contributed by atoms with Crippen molar-refractivity contribution >= 4 is 39.0 Å². The second-order valence-electron chi connectivity index (χ2n) is 14.5. The molecule has 3 aliphatic heterocycles. The number of fused-ring (bicyclic) bond motifs is 12. The number of unbranched alkanes of at least 4 members (excludes halogenated alkanes) is 3. The van der Waals surface area contributed by atoms with Gasteiger partial charge in [0, 0.05) is 59.0 Å². The molecule has 0 aliphatic carbocycles. The Kier molecular flexibility index (Phi) is 6.58. The van der Waals surface area contributed by atoms with Gasteiger partial charge in [-0.05, 0) is 49.6 Å². The summed E-state index contributed by atoms with van der Waals surface area (Å²) in [4.78, 5) is 2.61. The zero-order chi connectivity index (χ0) is 30.9. The number of para-hydroxylation sites is 1. The summed E-state index contributed by atoms with van der Waals surface area (Å²) in [7, 11) is 0. The first-order chi connectivity index (χ1) is 21.8. The van der Waals surface area contributed by atoms with Crippen molar-refractivity contribution < 1.29 is 9.84 Å². The Labute approximate surface area is 265 Å². The van der Waals surface area contributed by atoms with Crippen LogP contribution in [-0.2, 0) is 10.8 Å². The number of nitrogens with zero attached hydrogens (tertiary/aromatic N) is 2. The lowest BCUT2D eigenvalue weighted by atomic mass is 9.81. The molecule has 0 saturated carbocycles. The second-order valence-corrected chi connectivity index (χ2v) is 14.5. The lowest BCUT2D eigenvalue weighted by molar-refractivity contribution is 0.282. The SMILES string of the molecule is CC1(C)CN(CCCCCCO)c2c1c1c(c3ccccc23)C=c2c(c3c(c4ccccc24)=[N+](c2ccccc2)CC3(C)C)O1. The van der Waals surface area contributed by atoms with Crippen LogP contribution in [0.1, 0.15) is 70.1 Å². The third-order valence-electron chi connectivity index (χ3n) is 10.3. The molecule has 0 spiro atoms. The van der Waals surface area contributed by atoms with E-state index in [1.54, 1.807) is 0 Å². The molecule has 4 nitrogen and oxygen atoms in total. The summed E-state index contributed by atoms with van der Waals surface area (Å²) in [6, 6.07) is 28.6. The van der Waals surface area contributed by atoms with Crippen LogP contribution >= 0.6 is 0 Å². The van der Waals surface area contributed by atoms with Gasteiger partial charge in [-0.2, -0.15) is 4.58 Å². The molecular weight excluding hydrogens is 552 g/mol. The van der Waals surface area contributed by atoms with Gasteiger partial charge in [-0.25, -0.2) is 0 Å². The normalized spacial score (nSPS) is 17.1. The maximum absolute atomic E-state index is 9.27. The second kappa shape index (κ2) is 10.5. The fraction of sp³-hybridized carbons (Fsp3) is 0.341. The van der Waals surface area contributed by atoms with Gasteiger partial charge >= 0.3 is 0 Å². The molecule has 8 rings (SSSR count). The first kappa shape index (κ1) is 28.3. The van der Waals surface area contributed by atoms with Gasteiger partial charge < -0.3 is 14.7 Å². The first-order valence-corrected chi connectivity index (χ1v) is 16.7. The molecule has 4 heteroatoms. The van der Waals surface area contributed by atoms with E-state index in [0.29, 0.717) is 0 Å². The molecular formula is C41H43N2O2+. The fourth-order valence-electron chi connectivity index (χ4n) is 8.43. The molecule has 228 valence electrons. The molecule has 0 fully saturated rings. The van der Waals surface area contributed by atoms with Crippen molar-refractivity contribution in [3.63, 3.8) is 0 Å². The minimum atomic E-state index is -0.110. The lowest BCUT2D eigenvalue weighted by Crippen LogP contribution is -2.30. The summed E-state index contributed by atoms with van der Waals surface area (Å²) in [5.74, 6) is 2.06. The number of aliphatic hydroxyl groups excluding tert-OH is 1. The number of hydrogen-bond donors (Lipinski definition) is 1. The lowest BCUT2D eigenvalue weighted by Gasteiger charge is -2.28. The Hall–Kier alpha value is -4.15. The Bertz CT molecular complexity index is 2110. The number of ether oxygens (including phenoxy) is 1. The predicted molar refractivity (Wildman–Crippen MR) is 187 cm³/mol. The highest BCUT2D eigenvalue weighted by atomic mass is 16.5. The standard InChI is InChI=1S/C41H43N2O2/c1-40(2)25-42(22-14-5-6-15-23-44)36-30-20-12-10-18-28(30)32-24-33-29-19-11-13-21-31(29)37-35(39(33)45-38(32)34(36)40)41(3,4)26-43(37)27-16-8-7-9-17-27/h7-13,16-21,24,44H,5-6,14-15,22-23,25-26H2,1-4H3/q+1. The van der Waals surface area contributed by atoms with Crippen LogP contribution in [0.3, 0.4) is 0 Å². The quantitative estimate of drug-likeness (QED) is 0.152. The maximum atomic E-state index is 9.27. The highest BCUT2D eigenvalue weighted by molar-refractivity contribution is 6.06. The van der Waals surface area contributed by atoms with Crippen LogP contribution in [0.25, 0.3) is 27.6 Å². The van der Waals surface area contributed by atoms with Crippen molar-refractivity contribution in [3.05, 3.63) is 106 Å². The molecule has 0 bridgehead atoms. The molecule has 45 heavy (non-hydrogen) atoms. The molecule has 1 N–H and O–H groups in total. The van der Waals surface area contributed by atoms with Crippen molar-refractivity contribution in [2.24, 2.45) is 0 Å². The molecule has 3 aliphatic rings. The van der Waals surface area contributed by atoms with Crippen molar-refractivity contribution in [1.29, 1.82) is 0 Å². The van der Waals surface area contributed by atoms with Gasteiger partial charge in [-0.3, -0.25) is 0 Å². The molecule has 0 amide bonds. The molecule has 0 saturated heterocycles. The zero-order valence-corrected chi connectivity index (χ0v) is 27.0. The van der Waals surface area contributed by atoms with Gasteiger partial charge in [0.2, 0.25) is 11.0 Å². The minimum absolute atomic E-state index is 0.0640. The van der Waals surface area contributed by atoms with E-state index in [2.05, 4.69) is 122 Å². The highest BCUT2D eigenvalue weighted by Gasteiger charge is 2.45. The summed E-state index contributed by atoms with van der Waals surface area (Å²) in [5, 5.41) is 16.8. The van der Waals surface area contributed by atoms with Gasteiger partial charge in [0.15, 0.2) is 6.54 Å². The largest absolute Gasteiger partial charge is 0.455 e. The van der Waals surface area contributed by atoms with E-state index in [1.807, 2.05) is 0 Å². The Morgan fingerprint density at radius 1 is 0.711 bits per heavy atom. The summed E-state index contributed by atoms with van der Waals surface area (Å²) in [6.07, 6.45) is 6.67. The van der Waals surface area contributed by atoms with Gasteiger partial charge in [0.1, 0.15) is 11.5 Å². The Morgan fingerprint density at radius 3 is 2.13 bits per heavy atom. The third-order valence-corrected chi connectivity index (χ3v) is 10.3. The minimum Gasteiger partial charge on any atom is -0.455 e. The number of aliphatic hydroxyl groups is 1. The number of hydrogen-bond acceptors (Lipinski definition) is 3. The van der Waals surface area contributed by atoms with Crippen LogP contribution in [0, 0.1) is 0 Å². The average Bonchev–Trinajstić information content (AvgIpc) is 3.50. The van der Waals surface area contributed by atoms with Crippen molar-refractivity contribution in [2.75, 3.05) is 31.1 Å². The molecule has 5 aromatic carbocycles. The summed E-state index contributed by atoms with van der Waals surface area (Å²) < 4.78 is 9.93. The van der Waals surface area contributed by atoms with Crippen LogP contribution < -0.4 is 24.8 Å². The monoisotopic (exact) mass is 595 g/mol. The summed E-state index contributed by atoms with van der Waals surface area (Å²) in [5.41, 5.74) is 6.24. The molecule has 0 atom stereocenters. The zero-order valence-electron chi connectivity index (χ0n) is 27.0.